The Morgan fingerprint density at radius 1 is 1.04 bits per heavy atom. The van der Waals surface area contributed by atoms with Crippen molar-refractivity contribution in [1.82, 2.24) is 14.8 Å². The number of carbonyl (C=O) groups excluding carboxylic acids is 2. The molecule has 0 unspecified atom stereocenters. The maximum atomic E-state index is 12.7. The lowest BCUT2D eigenvalue weighted by Gasteiger charge is -2.35. The van der Waals surface area contributed by atoms with Crippen LogP contribution in [0, 0.1) is 0 Å². The number of piperazine rings is 1. The van der Waals surface area contributed by atoms with Crippen LogP contribution in [-0.4, -0.2) is 58.6 Å². The van der Waals surface area contributed by atoms with Crippen molar-refractivity contribution >= 4 is 23.3 Å². The summed E-state index contributed by atoms with van der Waals surface area (Å²) in [6.45, 7) is 7.41. The molecule has 0 atom stereocenters. The molecule has 8 heteroatoms. The third-order valence-electron chi connectivity index (χ3n) is 3.93. The highest BCUT2D eigenvalue weighted by molar-refractivity contribution is 7.11. The summed E-state index contributed by atoms with van der Waals surface area (Å²) < 4.78 is 11.0. The predicted octanol–water partition coefficient (Wildman–Crippen LogP) is 3.63. The van der Waals surface area contributed by atoms with Gasteiger partial charge in [0.2, 0.25) is 0 Å². The zero-order chi connectivity index (χ0) is 19.4. The average molecular weight is 389 g/mol. The first-order valence-electron chi connectivity index (χ1n) is 8.76. The smallest absolute Gasteiger partial charge is 0.410 e. The highest BCUT2D eigenvalue weighted by Crippen LogP contribution is 2.24. The minimum Gasteiger partial charge on any atom is -0.444 e. The van der Waals surface area contributed by atoms with Gasteiger partial charge in [0.05, 0.1) is 0 Å². The van der Waals surface area contributed by atoms with Crippen LogP contribution < -0.4 is 4.74 Å². The molecule has 0 saturated carbocycles. The van der Waals surface area contributed by atoms with E-state index in [2.05, 4.69) is 4.98 Å². The molecule has 2 amide bonds. The molecular weight excluding hydrogens is 366 g/mol. The molecule has 1 aliphatic heterocycles. The minimum atomic E-state index is -0.521. The Morgan fingerprint density at radius 3 is 2.22 bits per heavy atom. The first kappa shape index (κ1) is 19.2. The van der Waals surface area contributed by atoms with Gasteiger partial charge in [-0.2, -0.15) is 0 Å². The molecule has 1 aromatic carbocycles. The molecule has 0 bridgehead atoms. The van der Waals surface area contributed by atoms with Crippen LogP contribution >= 0.6 is 11.3 Å². The predicted molar refractivity (Wildman–Crippen MR) is 102 cm³/mol. The van der Waals surface area contributed by atoms with Gasteiger partial charge in [-0.15, -0.1) is 0 Å². The summed E-state index contributed by atoms with van der Waals surface area (Å²) in [4.78, 5) is 32.2. The highest BCUT2D eigenvalue weighted by Gasteiger charge is 2.28. The van der Waals surface area contributed by atoms with Gasteiger partial charge < -0.3 is 19.3 Å². The first-order chi connectivity index (χ1) is 12.8. The van der Waals surface area contributed by atoms with E-state index < -0.39 is 5.60 Å². The lowest BCUT2D eigenvalue weighted by atomic mass is 10.1. The van der Waals surface area contributed by atoms with Crippen LogP contribution in [0.3, 0.4) is 0 Å². The van der Waals surface area contributed by atoms with Gasteiger partial charge in [-0.25, -0.2) is 9.78 Å². The Kier molecular flexibility index (Phi) is 5.65. The van der Waals surface area contributed by atoms with Crippen LogP contribution in [0.4, 0.5) is 4.79 Å². The van der Waals surface area contributed by atoms with Gasteiger partial charge >= 0.3 is 6.09 Å². The van der Waals surface area contributed by atoms with Crippen LogP contribution in [0.2, 0.25) is 0 Å². The van der Waals surface area contributed by atoms with Crippen molar-refractivity contribution in [3.8, 4) is 10.9 Å². The highest BCUT2D eigenvalue weighted by atomic mass is 32.1. The zero-order valence-electron chi connectivity index (χ0n) is 15.7. The Hall–Kier alpha value is -2.61. The fraction of sp³-hybridized carbons (Fsp3) is 0.421. The van der Waals surface area contributed by atoms with E-state index >= 15 is 0 Å². The molecule has 1 fully saturated rings. The van der Waals surface area contributed by atoms with Crippen molar-refractivity contribution in [2.75, 3.05) is 26.2 Å². The fourth-order valence-electron chi connectivity index (χ4n) is 2.63. The lowest BCUT2D eigenvalue weighted by Crippen LogP contribution is -2.51. The van der Waals surface area contributed by atoms with Crippen molar-refractivity contribution < 1.29 is 19.1 Å². The lowest BCUT2D eigenvalue weighted by molar-refractivity contribution is 0.0141. The quantitative estimate of drug-likeness (QED) is 0.802. The van der Waals surface area contributed by atoms with Crippen molar-refractivity contribution in [3.63, 3.8) is 0 Å². The minimum absolute atomic E-state index is 0.0559. The van der Waals surface area contributed by atoms with Gasteiger partial charge in [0, 0.05) is 43.3 Å². The first-order valence-corrected chi connectivity index (χ1v) is 9.64. The largest absolute Gasteiger partial charge is 0.444 e. The summed E-state index contributed by atoms with van der Waals surface area (Å²) in [6.07, 6.45) is 1.34. The average Bonchev–Trinajstić information content (AvgIpc) is 3.13. The second-order valence-corrected chi connectivity index (χ2v) is 8.04. The number of nitrogens with zero attached hydrogens (tertiary/aromatic N) is 3. The van der Waals surface area contributed by atoms with E-state index in [-0.39, 0.29) is 12.0 Å². The van der Waals surface area contributed by atoms with Crippen molar-refractivity contribution in [2.24, 2.45) is 0 Å². The molecule has 0 aliphatic carbocycles. The molecule has 144 valence electrons. The number of hydrogen-bond acceptors (Lipinski definition) is 6. The van der Waals surface area contributed by atoms with E-state index in [0.29, 0.717) is 42.7 Å². The van der Waals surface area contributed by atoms with Crippen molar-refractivity contribution in [2.45, 2.75) is 26.4 Å². The van der Waals surface area contributed by atoms with Crippen LogP contribution in [-0.2, 0) is 4.74 Å². The summed E-state index contributed by atoms with van der Waals surface area (Å²) in [6, 6.07) is 6.99. The number of hydrogen-bond donors (Lipinski definition) is 0. The Morgan fingerprint density at radius 2 is 1.67 bits per heavy atom. The monoisotopic (exact) mass is 389 g/mol. The van der Waals surface area contributed by atoms with E-state index in [1.165, 1.54) is 11.3 Å². The second-order valence-electron chi connectivity index (χ2n) is 7.18. The molecular formula is C19H23N3O4S. The molecule has 0 spiro atoms. The van der Waals surface area contributed by atoms with E-state index in [4.69, 9.17) is 9.47 Å². The Labute approximate surface area is 162 Å². The molecule has 2 heterocycles. The second kappa shape index (κ2) is 7.96. The standard InChI is InChI=1S/C19H23N3O4S/c1-19(2,3)26-18(24)22-11-9-21(10-12-22)16(23)14-4-6-15(7-5-14)25-17-20-8-13-27-17/h4-8,13H,9-12H2,1-3H3. The summed E-state index contributed by atoms with van der Waals surface area (Å²) >= 11 is 1.41. The maximum absolute atomic E-state index is 12.7. The number of amides is 2. The molecule has 2 aromatic rings. The van der Waals surface area contributed by atoms with Gasteiger partial charge in [0.25, 0.3) is 11.1 Å². The third kappa shape index (κ3) is 5.19. The number of rotatable bonds is 3. The van der Waals surface area contributed by atoms with Crippen LogP contribution in [0.5, 0.6) is 10.9 Å². The van der Waals surface area contributed by atoms with E-state index in [1.54, 1.807) is 40.3 Å². The van der Waals surface area contributed by atoms with Crippen LogP contribution in [0.1, 0.15) is 31.1 Å². The normalized spacial score (nSPS) is 14.8. The van der Waals surface area contributed by atoms with E-state index in [1.807, 2.05) is 26.2 Å². The van der Waals surface area contributed by atoms with E-state index in [0.717, 1.165) is 0 Å². The van der Waals surface area contributed by atoms with Crippen LogP contribution in [0.25, 0.3) is 0 Å². The SMILES string of the molecule is CC(C)(C)OC(=O)N1CCN(C(=O)c2ccc(Oc3nccs3)cc2)CC1. The van der Waals surface area contributed by atoms with Gasteiger partial charge in [0.1, 0.15) is 11.4 Å². The number of carbonyl (C=O) groups is 2. The Bertz CT molecular complexity index is 776. The topological polar surface area (TPSA) is 72.0 Å². The van der Waals surface area contributed by atoms with Gasteiger partial charge in [-0.3, -0.25) is 4.79 Å². The zero-order valence-corrected chi connectivity index (χ0v) is 16.5. The maximum Gasteiger partial charge on any atom is 0.410 e. The fourth-order valence-corrected chi connectivity index (χ4v) is 3.13. The van der Waals surface area contributed by atoms with Gasteiger partial charge in [-0.05, 0) is 45.0 Å². The number of ether oxygens (including phenoxy) is 2. The molecule has 0 N–H and O–H groups in total. The molecule has 0 radical (unpaired) electrons. The summed E-state index contributed by atoms with van der Waals surface area (Å²) in [7, 11) is 0. The molecule has 27 heavy (non-hydrogen) atoms. The van der Waals surface area contributed by atoms with Crippen molar-refractivity contribution in [3.05, 3.63) is 41.4 Å². The summed E-state index contributed by atoms with van der Waals surface area (Å²) in [5.74, 6) is 0.580. The molecule has 3 rings (SSSR count). The summed E-state index contributed by atoms with van der Waals surface area (Å²) in [5, 5.41) is 2.40. The molecule has 7 nitrogen and oxygen atoms in total. The summed E-state index contributed by atoms with van der Waals surface area (Å²) in [5.41, 5.74) is 0.0687. The number of benzene rings is 1. The third-order valence-corrected chi connectivity index (χ3v) is 4.58. The number of aromatic nitrogens is 1. The van der Waals surface area contributed by atoms with Gasteiger partial charge in [-0.1, -0.05) is 11.3 Å². The van der Waals surface area contributed by atoms with Gasteiger partial charge in [0.15, 0.2) is 0 Å². The van der Waals surface area contributed by atoms with E-state index in [9.17, 15) is 9.59 Å². The molecule has 1 aromatic heterocycles. The molecule has 1 saturated heterocycles. The number of thiazole rings is 1. The van der Waals surface area contributed by atoms with Crippen molar-refractivity contribution in [1.29, 1.82) is 0 Å². The molecule has 1 aliphatic rings. The van der Waals surface area contributed by atoms with Crippen LogP contribution in [0.15, 0.2) is 35.8 Å². The Balaban J connectivity index is 1.54.